The normalized spacial score (nSPS) is 12.9. The number of nitrogens with one attached hydrogen (secondary N) is 1. The Kier molecular flexibility index (Phi) is 4.03. The lowest BCUT2D eigenvalue weighted by atomic mass is 10.1. The molecule has 4 heteroatoms. The van der Waals surface area contributed by atoms with E-state index in [1.165, 1.54) is 0 Å². The summed E-state index contributed by atoms with van der Waals surface area (Å²) in [4.78, 5) is 4.43. The van der Waals surface area contributed by atoms with Crippen LogP contribution in [-0.2, 0) is 0 Å². The van der Waals surface area contributed by atoms with Crippen LogP contribution in [0.1, 0.15) is 5.56 Å². The number of methoxy groups -OCH3 is 1. The molecule has 0 bridgehead atoms. The summed E-state index contributed by atoms with van der Waals surface area (Å²) in [6, 6.07) is 14.1. The largest absolute Gasteiger partial charge is 0.494 e. The minimum atomic E-state index is 0.758. The van der Waals surface area contributed by atoms with E-state index in [4.69, 9.17) is 4.74 Å². The summed E-state index contributed by atoms with van der Waals surface area (Å²) in [6.07, 6.45) is 13.0. The van der Waals surface area contributed by atoms with Crippen LogP contribution in [0, 0.1) is 6.08 Å². The summed E-state index contributed by atoms with van der Waals surface area (Å²) in [6.45, 7) is 0.758. The number of rotatable bonds is 4. The zero-order chi connectivity index (χ0) is 17.1. The third kappa shape index (κ3) is 2.91. The highest BCUT2D eigenvalue weighted by molar-refractivity contribution is 5.77. The molecule has 2 aromatic heterocycles. The summed E-state index contributed by atoms with van der Waals surface area (Å²) in [5, 5.41) is 3.40. The molecule has 0 radical (unpaired) electrons. The van der Waals surface area contributed by atoms with Crippen LogP contribution in [0.4, 0.5) is 0 Å². The first-order valence-corrected chi connectivity index (χ1v) is 8.16. The van der Waals surface area contributed by atoms with Crippen molar-refractivity contribution in [3.63, 3.8) is 0 Å². The molecular weight excluding hydrogens is 310 g/mol. The topological polar surface area (TPSA) is 39.1 Å². The molecule has 1 N–H and O–H groups in total. The quantitative estimate of drug-likeness (QED) is 0.739. The van der Waals surface area contributed by atoms with Gasteiger partial charge in [-0.05, 0) is 30.3 Å². The van der Waals surface area contributed by atoms with Crippen molar-refractivity contribution in [2.24, 2.45) is 0 Å². The number of aromatic nitrogens is 2. The first-order valence-electron chi connectivity index (χ1n) is 8.16. The molecule has 1 aliphatic heterocycles. The van der Waals surface area contributed by atoms with E-state index in [9.17, 15) is 0 Å². The summed E-state index contributed by atoms with van der Waals surface area (Å²) < 4.78 is 7.71. The number of dihydropyridines is 1. The predicted octanol–water partition coefficient (Wildman–Crippen LogP) is 3.85. The molecule has 0 saturated heterocycles. The first kappa shape index (κ1) is 15.2. The van der Waals surface area contributed by atoms with Crippen molar-refractivity contribution in [2.75, 3.05) is 13.7 Å². The first-order chi connectivity index (χ1) is 12.4. The van der Waals surface area contributed by atoms with Gasteiger partial charge in [0.1, 0.15) is 5.56 Å². The number of benzene rings is 1. The SMILES string of the molecule is COc1cccc(-n2ccc(-c3ccccn3)c2)c1C1=C[C+]=CCN1. The third-order valence-corrected chi connectivity index (χ3v) is 4.17. The number of hydrogen-bond donors (Lipinski definition) is 1. The fourth-order valence-corrected chi connectivity index (χ4v) is 2.98. The fraction of sp³-hybridized carbons (Fsp3) is 0.0952. The van der Waals surface area contributed by atoms with Crippen molar-refractivity contribution in [2.45, 2.75) is 0 Å². The van der Waals surface area contributed by atoms with Crippen molar-refractivity contribution >= 4 is 5.70 Å². The van der Waals surface area contributed by atoms with E-state index in [0.29, 0.717) is 0 Å². The number of hydrogen-bond acceptors (Lipinski definition) is 3. The molecule has 1 aromatic carbocycles. The van der Waals surface area contributed by atoms with Crippen LogP contribution < -0.4 is 10.1 Å². The molecular formula is C21H18N3O+. The second-order valence-corrected chi connectivity index (χ2v) is 5.69. The summed E-state index contributed by atoms with van der Waals surface area (Å²) in [7, 11) is 1.69. The second-order valence-electron chi connectivity index (χ2n) is 5.69. The van der Waals surface area contributed by atoms with Gasteiger partial charge in [0.25, 0.3) is 0 Å². The highest BCUT2D eigenvalue weighted by Gasteiger charge is 2.22. The molecule has 25 heavy (non-hydrogen) atoms. The van der Waals surface area contributed by atoms with Crippen molar-refractivity contribution in [3.8, 4) is 22.7 Å². The molecule has 1 aliphatic rings. The van der Waals surface area contributed by atoms with Gasteiger partial charge in [-0.3, -0.25) is 4.98 Å². The predicted molar refractivity (Wildman–Crippen MR) is 99.3 cm³/mol. The fourth-order valence-electron chi connectivity index (χ4n) is 2.98. The van der Waals surface area contributed by atoms with Crippen LogP contribution in [0.25, 0.3) is 22.6 Å². The lowest BCUT2D eigenvalue weighted by molar-refractivity contribution is 0.413. The smallest absolute Gasteiger partial charge is 0.190 e. The van der Waals surface area contributed by atoms with Gasteiger partial charge < -0.3 is 14.6 Å². The van der Waals surface area contributed by atoms with Gasteiger partial charge in [0.15, 0.2) is 17.5 Å². The van der Waals surface area contributed by atoms with Gasteiger partial charge in [0.2, 0.25) is 0 Å². The van der Waals surface area contributed by atoms with Gasteiger partial charge in [0.05, 0.1) is 37.2 Å². The van der Waals surface area contributed by atoms with Crippen LogP contribution in [0.3, 0.4) is 0 Å². The van der Waals surface area contributed by atoms with Gasteiger partial charge in [-0.25, -0.2) is 0 Å². The molecule has 0 spiro atoms. The third-order valence-electron chi connectivity index (χ3n) is 4.17. The Bertz CT molecular complexity index is 939. The van der Waals surface area contributed by atoms with E-state index >= 15 is 0 Å². The van der Waals surface area contributed by atoms with Crippen LogP contribution in [0.5, 0.6) is 5.75 Å². The van der Waals surface area contributed by atoms with E-state index in [0.717, 1.165) is 40.5 Å². The molecule has 0 atom stereocenters. The van der Waals surface area contributed by atoms with Gasteiger partial charge in [-0.15, -0.1) is 0 Å². The Morgan fingerprint density at radius 1 is 1.16 bits per heavy atom. The van der Waals surface area contributed by atoms with E-state index in [1.54, 1.807) is 7.11 Å². The second kappa shape index (κ2) is 6.63. The summed E-state index contributed by atoms with van der Waals surface area (Å²) in [5.41, 5.74) is 5.10. The highest BCUT2D eigenvalue weighted by Crippen LogP contribution is 2.32. The van der Waals surface area contributed by atoms with E-state index in [1.807, 2.05) is 54.9 Å². The summed E-state index contributed by atoms with van der Waals surface area (Å²) in [5.74, 6) is 0.827. The average molecular weight is 328 g/mol. The molecule has 4 nitrogen and oxygen atoms in total. The summed E-state index contributed by atoms with van der Waals surface area (Å²) >= 11 is 0. The minimum Gasteiger partial charge on any atom is -0.494 e. The van der Waals surface area contributed by atoms with Crippen molar-refractivity contribution < 1.29 is 4.74 Å². The number of allylic oxidation sites excluding steroid dienone is 2. The van der Waals surface area contributed by atoms with Crippen LogP contribution >= 0.6 is 0 Å². The molecule has 0 amide bonds. The van der Waals surface area contributed by atoms with Gasteiger partial charge in [0, 0.05) is 24.2 Å². The van der Waals surface area contributed by atoms with E-state index in [2.05, 4.69) is 39.3 Å². The van der Waals surface area contributed by atoms with Crippen LogP contribution in [0.15, 0.2) is 73.2 Å². The van der Waals surface area contributed by atoms with Crippen molar-refractivity contribution in [1.82, 2.24) is 14.9 Å². The Morgan fingerprint density at radius 3 is 2.88 bits per heavy atom. The van der Waals surface area contributed by atoms with Crippen LogP contribution in [-0.4, -0.2) is 23.2 Å². The monoisotopic (exact) mass is 328 g/mol. The molecule has 0 unspecified atom stereocenters. The molecule has 122 valence electrons. The molecule has 3 aromatic rings. The Morgan fingerprint density at radius 2 is 2.12 bits per heavy atom. The Labute approximate surface area is 147 Å². The Hall–Kier alpha value is -3.36. The van der Waals surface area contributed by atoms with Gasteiger partial charge >= 0.3 is 0 Å². The lowest BCUT2D eigenvalue weighted by Gasteiger charge is -2.14. The maximum Gasteiger partial charge on any atom is 0.190 e. The van der Waals surface area contributed by atoms with Gasteiger partial charge in [-0.2, -0.15) is 0 Å². The molecule has 3 heterocycles. The molecule has 0 aliphatic carbocycles. The highest BCUT2D eigenvalue weighted by atomic mass is 16.5. The maximum absolute atomic E-state index is 5.61. The van der Waals surface area contributed by atoms with Crippen molar-refractivity contribution in [1.29, 1.82) is 0 Å². The zero-order valence-corrected chi connectivity index (χ0v) is 13.9. The van der Waals surface area contributed by atoms with Crippen LogP contribution in [0.2, 0.25) is 0 Å². The number of ether oxygens (including phenoxy) is 1. The lowest BCUT2D eigenvalue weighted by Crippen LogP contribution is -2.16. The maximum atomic E-state index is 5.61. The van der Waals surface area contributed by atoms with E-state index < -0.39 is 0 Å². The zero-order valence-electron chi connectivity index (χ0n) is 13.9. The molecule has 0 fully saturated rings. The van der Waals surface area contributed by atoms with E-state index in [-0.39, 0.29) is 0 Å². The minimum absolute atomic E-state index is 0.758. The standard InChI is InChI=1S/C21H18N3O/c1-25-20-10-6-9-19(21(20)18-8-3-5-13-23-18)24-14-11-16(15-24)17-7-2-4-12-22-17/h2,4-12,14-15,23H,13H2,1H3/q+1. The van der Waals surface area contributed by atoms with Gasteiger partial charge in [-0.1, -0.05) is 12.1 Å². The van der Waals surface area contributed by atoms with Crippen molar-refractivity contribution in [3.05, 3.63) is 84.8 Å². The molecule has 0 saturated carbocycles. The number of pyridine rings is 1. The Balaban J connectivity index is 1.82. The molecule has 4 rings (SSSR count). The number of nitrogens with zero attached hydrogens (tertiary/aromatic N) is 2. The average Bonchev–Trinajstić information content (AvgIpc) is 3.19.